The molecule has 1 saturated heterocycles. The van der Waals surface area contributed by atoms with Crippen molar-refractivity contribution >= 4 is 29.6 Å². The van der Waals surface area contributed by atoms with Crippen LogP contribution in [0.15, 0.2) is 30.7 Å². The Morgan fingerprint density at radius 2 is 2.27 bits per heavy atom. The molecule has 1 fully saturated rings. The molecule has 0 saturated carbocycles. The van der Waals surface area contributed by atoms with Crippen molar-refractivity contribution in [1.82, 2.24) is 14.9 Å². The third-order valence-corrected chi connectivity index (χ3v) is 4.98. The van der Waals surface area contributed by atoms with E-state index in [9.17, 15) is 24.1 Å². The van der Waals surface area contributed by atoms with Gasteiger partial charge in [0.1, 0.15) is 30.8 Å². The highest BCUT2D eigenvalue weighted by atomic mass is 19.1. The zero-order chi connectivity index (χ0) is 23.5. The van der Waals surface area contributed by atoms with Crippen molar-refractivity contribution in [1.29, 1.82) is 0 Å². The highest BCUT2D eigenvalue weighted by Crippen LogP contribution is 2.25. The Balaban J connectivity index is 1.34. The topological polar surface area (TPSA) is 138 Å². The lowest BCUT2D eigenvalue weighted by Crippen LogP contribution is -2.33. The van der Waals surface area contributed by atoms with E-state index in [2.05, 4.69) is 10.3 Å². The number of benzene rings is 1. The number of nitrogens with one attached hydrogen (secondary N) is 1. The summed E-state index contributed by atoms with van der Waals surface area (Å²) in [5.41, 5.74) is 0.563. The van der Waals surface area contributed by atoms with Crippen LogP contribution in [0.2, 0.25) is 0 Å². The van der Waals surface area contributed by atoms with Gasteiger partial charge in [0.15, 0.2) is 0 Å². The molecule has 13 heteroatoms. The van der Waals surface area contributed by atoms with Crippen molar-refractivity contribution in [2.24, 2.45) is 0 Å². The van der Waals surface area contributed by atoms with Gasteiger partial charge in [-0.1, -0.05) is 0 Å². The second-order valence-electron chi connectivity index (χ2n) is 7.42. The fourth-order valence-electron chi connectivity index (χ4n) is 3.38. The Bertz CT molecular complexity index is 1120. The van der Waals surface area contributed by atoms with Crippen LogP contribution in [0.1, 0.15) is 12.5 Å². The van der Waals surface area contributed by atoms with Crippen molar-refractivity contribution in [3.8, 4) is 6.01 Å². The Labute approximate surface area is 186 Å². The highest BCUT2D eigenvalue weighted by Gasteiger charge is 2.32. The molecule has 2 aliphatic heterocycles. The predicted molar refractivity (Wildman–Crippen MR) is 111 cm³/mol. The first-order chi connectivity index (χ1) is 15.8. The molecular formula is C20H20FN5O7. The molecule has 1 aromatic carbocycles. The summed E-state index contributed by atoms with van der Waals surface area (Å²) in [5.74, 6) is -1.12. The molecule has 0 unspecified atom stereocenters. The van der Waals surface area contributed by atoms with Gasteiger partial charge in [-0.05, 0) is 29.2 Å². The van der Waals surface area contributed by atoms with E-state index in [1.807, 2.05) is 0 Å². The summed E-state index contributed by atoms with van der Waals surface area (Å²) in [6.07, 6.45) is 2.42. The normalized spacial score (nSPS) is 19.7. The van der Waals surface area contributed by atoms with Crippen molar-refractivity contribution in [3.63, 3.8) is 0 Å². The smallest absolute Gasteiger partial charge is 0.414 e. The van der Waals surface area contributed by atoms with Crippen LogP contribution >= 0.6 is 0 Å². The molecule has 0 aliphatic carbocycles. The summed E-state index contributed by atoms with van der Waals surface area (Å²) in [4.78, 5) is 38.3. The van der Waals surface area contributed by atoms with Gasteiger partial charge in [0.05, 0.1) is 31.6 Å². The molecule has 3 heterocycles. The number of imidazole rings is 1. The molecule has 0 radical (unpaired) electrons. The molecule has 33 heavy (non-hydrogen) atoms. The van der Waals surface area contributed by atoms with Gasteiger partial charge in [-0.2, -0.15) is 0 Å². The van der Waals surface area contributed by atoms with E-state index < -0.39 is 29.0 Å². The third-order valence-electron chi connectivity index (χ3n) is 4.98. The molecule has 1 N–H and O–H groups in total. The highest BCUT2D eigenvalue weighted by molar-refractivity contribution is 5.90. The SMILES string of the molecule is CC(=O)NC[C@H]1CN(c2ccc(C=CO[C@@H]3COc4nc([N+](=O)[O-])cn4C3)c(F)c2)C(=O)O1. The number of ether oxygens (including phenoxy) is 3. The van der Waals surface area contributed by atoms with Crippen LogP contribution < -0.4 is 15.0 Å². The molecule has 2 atom stereocenters. The average molecular weight is 461 g/mol. The summed E-state index contributed by atoms with van der Waals surface area (Å²) in [6, 6.07) is 4.42. The number of fused-ring (bicyclic) bond motifs is 1. The zero-order valence-corrected chi connectivity index (χ0v) is 17.5. The number of anilines is 1. The summed E-state index contributed by atoms with van der Waals surface area (Å²) < 4.78 is 32.2. The van der Waals surface area contributed by atoms with Crippen molar-refractivity contribution in [2.45, 2.75) is 25.7 Å². The van der Waals surface area contributed by atoms with E-state index in [-0.39, 0.29) is 43.0 Å². The average Bonchev–Trinajstić information content (AvgIpc) is 3.36. The van der Waals surface area contributed by atoms with Gasteiger partial charge in [-0.3, -0.25) is 14.3 Å². The van der Waals surface area contributed by atoms with E-state index in [0.717, 1.165) is 0 Å². The largest absolute Gasteiger partial charge is 0.493 e. The predicted octanol–water partition coefficient (Wildman–Crippen LogP) is 1.84. The van der Waals surface area contributed by atoms with Crippen molar-refractivity contribution in [2.75, 3.05) is 24.6 Å². The van der Waals surface area contributed by atoms with Crippen LogP contribution in [0.4, 0.5) is 20.7 Å². The van der Waals surface area contributed by atoms with Gasteiger partial charge in [0.25, 0.3) is 0 Å². The fraction of sp³-hybridized carbons (Fsp3) is 0.350. The van der Waals surface area contributed by atoms with Gasteiger partial charge in [-0.15, -0.1) is 0 Å². The molecule has 1 aromatic heterocycles. The second-order valence-corrected chi connectivity index (χ2v) is 7.42. The number of amides is 2. The molecule has 174 valence electrons. The van der Waals surface area contributed by atoms with E-state index >= 15 is 0 Å². The molecule has 0 spiro atoms. The summed E-state index contributed by atoms with van der Waals surface area (Å²) in [6.45, 7) is 2.15. The lowest BCUT2D eigenvalue weighted by atomic mass is 10.1. The zero-order valence-electron chi connectivity index (χ0n) is 17.5. The Morgan fingerprint density at radius 1 is 1.45 bits per heavy atom. The van der Waals surface area contributed by atoms with Crippen LogP contribution in [0, 0.1) is 15.9 Å². The van der Waals surface area contributed by atoms with Gasteiger partial charge < -0.3 is 29.6 Å². The third kappa shape index (κ3) is 5.02. The number of hydrogen-bond acceptors (Lipinski definition) is 8. The maximum Gasteiger partial charge on any atom is 0.414 e. The standard InChI is InChI=1S/C20H20FN5O7/c1-12(27)22-7-15-9-25(20(28)33-15)14-3-2-13(17(21)6-14)4-5-31-16-8-24-10-18(26(29)30)23-19(24)32-11-16/h2-6,10,15-16H,7-9,11H2,1H3,(H,22,27)/t15-,16-/m0/s1. The Hall–Kier alpha value is -4.16. The number of aromatic nitrogens is 2. The Kier molecular flexibility index (Phi) is 6.11. The number of carbonyl (C=O) groups is 2. The van der Waals surface area contributed by atoms with Crippen LogP contribution in [-0.4, -0.2) is 58.4 Å². The maximum absolute atomic E-state index is 14.6. The summed E-state index contributed by atoms with van der Waals surface area (Å²) in [7, 11) is 0. The number of halogens is 1. The quantitative estimate of drug-likeness (QED) is 0.375. The minimum absolute atomic E-state index is 0.136. The van der Waals surface area contributed by atoms with Crippen molar-refractivity contribution in [3.05, 3.63) is 52.2 Å². The molecule has 2 amide bonds. The van der Waals surface area contributed by atoms with E-state index in [1.165, 1.54) is 47.1 Å². The number of hydrogen-bond donors (Lipinski definition) is 1. The minimum Gasteiger partial charge on any atom is -0.493 e. The van der Waals surface area contributed by atoms with Gasteiger partial charge in [0.2, 0.25) is 5.91 Å². The van der Waals surface area contributed by atoms with E-state index in [1.54, 1.807) is 6.07 Å². The van der Waals surface area contributed by atoms with E-state index in [0.29, 0.717) is 12.2 Å². The van der Waals surface area contributed by atoms with Crippen LogP contribution in [0.25, 0.3) is 6.08 Å². The van der Waals surface area contributed by atoms with E-state index in [4.69, 9.17) is 14.2 Å². The first-order valence-corrected chi connectivity index (χ1v) is 9.98. The minimum atomic E-state index is -0.618. The van der Waals surface area contributed by atoms with Crippen LogP contribution in [0.5, 0.6) is 6.01 Å². The van der Waals surface area contributed by atoms with Crippen molar-refractivity contribution < 1.29 is 33.1 Å². The van der Waals surface area contributed by atoms with Gasteiger partial charge >= 0.3 is 17.9 Å². The molecular weight excluding hydrogens is 441 g/mol. The fourth-order valence-corrected chi connectivity index (χ4v) is 3.38. The number of nitro groups is 1. The molecule has 2 aromatic rings. The number of rotatable bonds is 7. The molecule has 12 nitrogen and oxygen atoms in total. The van der Waals surface area contributed by atoms with Crippen LogP contribution in [-0.2, 0) is 20.8 Å². The molecule has 0 bridgehead atoms. The first-order valence-electron chi connectivity index (χ1n) is 9.98. The lowest BCUT2D eigenvalue weighted by Gasteiger charge is -2.21. The monoisotopic (exact) mass is 461 g/mol. The first kappa shape index (κ1) is 22.0. The molecule has 2 aliphatic rings. The summed E-state index contributed by atoms with van der Waals surface area (Å²) >= 11 is 0. The van der Waals surface area contributed by atoms with Gasteiger partial charge in [0, 0.05) is 17.5 Å². The molecule has 4 rings (SSSR count). The summed E-state index contributed by atoms with van der Waals surface area (Å²) in [5, 5.41) is 13.4. The maximum atomic E-state index is 14.6. The Morgan fingerprint density at radius 3 is 3.00 bits per heavy atom. The second kappa shape index (κ2) is 9.14. The number of nitrogens with zero attached hydrogens (tertiary/aromatic N) is 4. The number of carbonyl (C=O) groups excluding carboxylic acids is 2. The van der Waals surface area contributed by atoms with Crippen LogP contribution in [0.3, 0.4) is 0 Å². The number of cyclic esters (lactones) is 1. The van der Waals surface area contributed by atoms with Gasteiger partial charge in [-0.25, -0.2) is 9.18 Å². The lowest BCUT2D eigenvalue weighted by molar-refractivity contribution is -0.389.